The van der Waals surface area contributed by atoms with Crippen molar-refractivity contribution in [2.24, 2.45) is 4.99 Å². The van der Waals surface area contributed by atoms with Gasteiger partial charge in [0.05, 0.1) is 33.4 Å². The van der Waals surface area contributed by atoms with Gasteiger partial charge in [-0.05, 0) is 75.2 Å². The van der Waals surface area contributed by atoms with E-state index >= 15 is 0 Å². The maximum Gasteiger partial charge on any atom is 0.338 e. The number of fused-ring (bicyclic) bond motifs is 1. The van der Waals surface area contributed by atoms with Crippen LogP contribution in [0.25, 0.3) is 6.08 Å². The number of hydrogen-bond donors (Lipinski definition) is 0. The number of rotatable bonds is 10. The van der Waals surface area contributed by atoms with Crippen molar-refractivity contribution in [1.29, 1.82) is 0 Å². The van der Waals surface area contributed by atoms with Gasteiger partial charge in [0, 0.05) is 17.7 Å². The number of aromatic nitrogens is 1. The van der Waals surface area contributed by atoms with Gasteiger partial charge in [0.2, 0.25) is 0 Å². The van der Waals surface area contributed by atoms with E-state index in [1.54, 1.807) is 38.1 Å². The van der Waals surface area contributed by atoms with E-state index < -0.39 is 16.9 Å². The minimum Gasteiger partial charge on any atom is -0.491 e. The summed E-state index contributed by atoms with van der Waals surface area (Å²) in [6.45, 7) is 7.71. The van der Waals surface area contributed by atoms with Gasteiger partial charge in [0.1, 0.15) is 24.1 Å². The van der Waals surface area contributed by atoms with Crippen LogP contribution in [0.5, 0.6) is 11.5 Å². The second-order valence-corrected chi connectivity index (χ2v) is 11.3. The summed E-state index contributed by atoms with van der Waals surface area (Å²) in [7, 11) is 0. The number of non-ortho nitro benzene ring substituents is 1. The van der Waals surface area contributed by atoms with Gasteiger partial charge in [0.15, 0.2) is 4.80 Å². The molecule has 44 heavy (non-hydrogen) atoms. The largest absolute Gasteiger partial charge is 0.491 e. The van der Waals surface area contributed by atoms with Crippen molar-refractivity contribution in [3.05, 3.63) is 131 Å². The smallest absolute Gasteiger partial charge is 0.338 e. The number of nitro benzene ring substituents is 1. The number of esters is 1. The second kappa shape index (κ2) is 13.1. The SMILES string of the molecule is CCOC(=O)C1=C(C)N=c2s/c(=C\c3cccc(OCc4ccc([N+](=O)[O-])cc4)c3)c(=O)n2[C@@H]1c1ccccc1OC(C)C. The molecule has 4 aromatic rings. The van der Waals surface area contributed by atoms with Crippen LogP contribution in [0.1, 0.15) is 50.4 Å². The van der Waals surface area contributed by atoms with Crippen molar-refractivity contribution in [3.8, 4) is 11.5 Å². The maximum absolute atomic E-state index is 14.0. The second-order valence-electron chi connectivity index (χ2n) is 10.3. The monoisotopic (exact) mass is 613 g/mol. The highest BCUT2D eigenvalue weighted by Crippen LogP contribution is 2.36. The van der Waals surface area contributed by atoms with Gasteiger partial charge >= 0.3 is 5.97 Å². The number of carbonyl (C=O) groups excluding carboxylic acids is 1. The van der Waals surface area contributed by atoms with E-state index in [0.29, 0.717) is 32.1 Å². The Morgan fingerprint density at radius 3 is 2.57 bits per heavy atom. The van der Waals surface area contributed by atoms with E-state index in [9.17, 15) is 19.7 Å². The van der Waals surface area contributed by atoms with Crippen molar-refractivity contribution >= 4 is 29.1 Å². The van der Waals surface area contributed by atoms with Crippen LogP contribution >= 0.6 is 11.3 Å². The Hall–Kier alpha value is -5.03. The molecular formula is C33H31N3O7S. The van der Waals surface area contributed by atoms with Crippen LogP contribution in [0, 0.1) is 10.1 Å². The molecule has 0 bridgehead atoms. The highest BCUT2D eigenvalue weighted by atomic mass is 32.1. The van der Waals surface area contributed by atoms with Gasteiger partial charge in [-0.2, -0.15) is 0 Å². The van der Waals surface area contributed by atoms with Crippen molar-refractivity contribution in [1.82, 2.24) is 4.57 Å². The maximum atomic E-state index is 14.0. The highest BCUT2D eigenvalue weighted by Gasteiger charge is 2.35. The van der Waals surface area contributed by atoms with Crippen molar-refractivity contribution in [3.63, 3.8) is 0 Å². The molecule has 11 heteroatoms. The van der Waals surface area contributed by atoms with Crippen LogP contribution in [0.15, 0.2) is 93.9 Å². The summed E-state index contributed by atoms with van der Waals surface area (Å²) < 4.78 is 19.4. The van der Waals surface area contributed by atoms with Crippen LogP contribution in [0.2, 0.25) is 0 Å². The lowest BCUT2D eigenvalue weighted by molar-refractivity contribution is -0.384. The standard InChI is InChI=1S/C33H31N3O7S/c1-5-41-32(38)29-21(4)34-33-35(30(29)26-11-6-7-12-27(26)43-20(2)3)31(37)28(44-33)18-23-9-8-10-25(17-23)42-19-22-13-15-24(16-14-22)36(39)40/h6-18,20,30H,5,19H2,1-4H3/b28-18-/t30-/m1/s1. The quantitative estimate of drug-likeness (QED) is 0.139. The minimum absolute atomic E-state index is 0.0139. The fourth-order valence-electron chi connectivity index (χ4n) is 4.88. The van der Waals surface area contributed by atoms with Gasteiger partial charge in [-0.25, -0.2) is 9.79 Å². The summed E-state index contributed by atoms with van der Waals surface area (Å²) in [6, 6.07) is 20.0. The normalized spacial score (nSPS) is 14.7. The first-order chi connectivity index (χ1) is 21.2. The topological polar surface area (TPSA) is 122 Å². The highest BCUT2D eigenvalue weighted by molar-refractivity contribution is 7.07. The van der Waals surface area contributed by atoms with Gasteiger partial charge in [-0.1, -0.05) is 41.7 Å². The summed E-state index contributed by atoms with van der Waals surface area (Å²) in [5.41, 5.74) is 2.65. The molecule has 226 valence electrons. The Kier molecular flexibility index (Phi) is 9.05. The fraction of sp³-hybridized carbons (Fsp3) is 0.242. The van der Waals surface area contributed by atoms with E-state index in [-0.39, 0.29) is 36.1 Å². The first-order valence-corrected chi connectivity index (χ1v) is 14.9. The summed E-state index contributed by atoms with van der Waals surface area (Å²) in [5, 5.41) is 10.9. The molecule has 5 rings (SSSR count). The summed E-state index contributed by atoms with van der Waals surface area (Å²) in [5.74, 6) is 0.602. The average molecular weight is 614 g/mol. The van der Waals surface area contributed by atoms with E-state index in [1.165, 1.54) is 28.0 Å². The van der Waals surface area contributed by atoms with Crippen LogP contribution in [-0.2, 0) is 16.1 Å². The van der Waals surface area contributed by atoms with Crippen LogP contribution in [0.4, 0.5) is 5.69 Å². The van der Waals surface area contributed by atoms with E-state index in [1.807, 2.05) is 56.3 Å². The van der Waals surface area contributed by atoms with Gasteiger partial charge in [-0.3, -0.25) is 19.5 Å². The molecule has 3 aromatic carbocycles. The Morgan fingerprint density at radius 1 is 1.11 bits per heavy atom. The lowest BCUT2D eigenvalue weighted by Gasteiger charge is -2.26. The van der Waals surface area contributed by atoms with Gasteiger partial charge < -0.3 is 14.2 Å². The molecule has 1 aromatic heterocycles. The van der Waals surface area contributed by atoms with Gasteiger partial charge in [0.25, 0.3) is 11.2 Å². The third-order valence-corrected chi connectivity index (χ3v) is 7.78. The molecule has 0 aliphatic carbocycles. The molecule has 0 saturated carbocycles. The average Bonchev–Trinajstić information content (AvgIpc) is 3.29. The molecule has 0 fully saturated rings. The number of benzene rings is 3. The zero-order valence-electron chi connectivity index (χ0n) is 24.7. The number of hydrogen-bond acceptors (Lipinski definition) is 9. The summed E-state index contributed by atoms with van der Waals surface area (Å²) in [4.78, 5) is 42.9. The van der Waals surface area contributed by atoms with Crippen molar-refractivity contribution < 1.29 is 23.9 Å². The number of carbonyl (C=O) groups is 1. The number of allylic oxidation sites excluding steroid dienone is 1. The van der Waals surface area contributed by atoms with Gasteiger partial charge in [-0.15, -0.1) is 0 Å². The molecular weight excluding hydrogens is 582 g/mol. The Balaban J connectivity index is 1.53. The first-order valence-electron chi connectivity index (χ1n) is 14.1. The summed E-state index contributed by atoms with van der Waals surface area (Å²) in [6.07, 6.45) is 1.64. The van der Waals surface area contributed by atoms with Crippen molar-refractivity contribution in [2.75, 3.05) is 6.61 Å². The molecule has 2 heterocycles. The van der Waals surface area contributed by atoms with E-state index in [0.717, 1.165) is 11.1 Å². The van der Waals surface area contributed by atoms with Crippen molar-refractivity contribution in [2.45, 2.75) is 46.4 Å². The lowest BCUT2D eigenvalue weighted by atomic mass is 9.95. The fourth-order valence-corrected chi connectivity index (χ4v) is 5.93. The number of nitrogens with zero attached hydrogens (tertiary/aromatic N) is 3. The minimum atomic E-state index is -0.793. The number of ether oxygens (including phenoxy) is 3. The molecule has 0 N–H and O–H groups in total. The molecule has 1 atom stereocenters. The Bertz CT molecular complexity index is 1920. The zero-order chi connectivity index (χ0) is 31.4. The molecule has 0 radical (unpaired) electrons. The lowest BCUT2D eigenvalue weighted by Crippen LogP contribution is -2.40. The van der Waals surface area contributed by atoms with Crippen LogP contribution in [-0.4, -0.2) is 28.2 Å². The Morgan fingerprint density at radius 2 is 1.86 bits per heavy atom. The third kappa shape index (κ3) is 6.47. The number of thiazole rings is 1. The summed E-state index contributed by atoms with van der Waals surface area (Å²) >= 11 is 1.23. The van der Waals surface area contributed by atoms with Crippen LogP contribution < -0.4 is 24.4 Å². The number of para-hydroxylation sites is 1. The Labute approximate surface area is 257 Å². The van der Waals surface area contributed by atoms with E-state index in [2.05, 4.69) is 4.99 Å². The molecule has 0 saturated heterocycles. The predicted octanol–water partition coefficient (Wildman–Crippen LogP) is 5.07. The molecule has 0 unspecified atom stereocenters. The molecule has 1 aliphatic heterocycles. The number of nitro groups is 1. The first kappa shape index (κ1) is 30.4. The van der Waals surface area contributed by atoms with Crippen LogP contribution in [0.3, 0.4) is 0 Å². The third-order valence-electron chi connectivity index (χ3n) is 6.80. The molecule has 0 amide bonds. The molecule has 1 aliphatic rings. The van der Waals surface area contributed by atoms with E-state index in [4.69, 9.17) is 14.2 Å². The predicted molar refractivity (Wildman–Crippen MR) is 166 cm³/mol. The molecule has 0 spiro atoms. The zero-order valence-corrected chi connectivity index (χ0v) is 25.5. The molecule has 10 nitrogen and oxygen atoms in total.